The van der Waals surface area contributed by atoms with Crippen LogP contribution in [0.2, 0.25) is 0 Å². The Morgan fingerprint density at radius 2 is 1.92 bits per heavy atom. The van der Waals surface area contributed by atoms with E-state index in [0.717, 1.165) is 12.8 Å². The van der Waals surface area contributed by atoms with Crippen molar-refractivity contribution in [2.75, 3.05) is 39.9 Å². The average molecular weight is 349 g/mol. The summed E-state index contributed by atoms with van der Waals surface area (Å²) in [4.78, 5) is 25.6. The summed E-state index contributed by atoms with van der Waals surface area (Å²) in [6, 6.07) is 7.51. The fourth-order valence-electron chi connectivity index (χ4n) is 2.86. The van der Waals surface area contributed by atoms with Gasteiger partial charge in [-0.25, -0.2) is 4.79 Å². The van der Waals surface area contributed by atoms with E-state index in [1.807, 2.05) is 19.1 Å². The summed E-state index contributed by atoms with van der Waals surface area (Å²) < 4.78 is 10.2. The summed E-state index contributed by atoms with van der Waals surface area (Å²) in [6.07, 6.45) is 1.54. The highest BCUT2D eigenvalue weighted by molar-refractivity contribution is 5.96. The minimum atomic E-state index is -0.231. The second-order valence-corrected chi connectivity index (χ2v) is 5.87. The molecule has 1 aliphatic heterocycles. The maximum atomic E-state index is 12.2. The van der Waals surface area contributed by atoms with Crippen molar-refractivity contribution in [2.24, 2.45) is 0 Å². The number of hydrogen-bond donors (Lipinski definition) is 2. The first-order valence-electron chi connectivity index (χ1n) is 8.72. The van der Waals surface area contributed by atoms with Gasteiger partial charge < -0.3 is 25.0 Å². The number of amides is 2. The number of nitrogens with one attached hydrogen (secondary N) is 2. The highest BCUT2D eigenvalue weighted by atomic mass is 16.6. The summed E-state index contributed by atoms with van der Waals surface area (Å²) in [6.45, 7) is 4.84. The number of hydrogen-bond acceptors (Lipinski definition) is 5. The van der Waals surface area contributed by atoms with E-state index in [4.69, 9.17) is 9.47 Å². The highest BCUT2D eigenvalue weighted by Gasteiger charge is 2.23. The highest BCUT2D eigenvalue weighted by Crippen LogP contribution is 2.16. The van der Waals surface area contributed by atoms with Crippen LogP contribution in [0.5, 0.6) is 5.75 Å². The molecule has 2 rings (SSSR count). The topological polar surface area (TPSA) is 79.9 Å². The Hall–Kier alpha value is -2.28. The lowest BCUT2D eigenvalue weighted by molar-refractivity contribution is 0.0929. The molecule has 7 nitrogen and oxygen atoms in total. The molecule has 138 valence electrons. The molecular formula is C18H27N3O4. The van der Waals surface area contributed by atoms with Crippen molar-refractivity contribution in [1.82, 2.24) is 15.5 Å². The van der Waals surface area contributed by atoms with Gasteiger partial charge in [0.1, 0.15) is 5.75 Å². The molecule has 7 heteroatoms. The zero-order chi connectivity index (χ0) is 18.1. The Balaban J connectivity index is 1.65. The predicted molar refractivity (Wildman–Crippen MR) is 94.9 cm³/mol. The van der Waals surface area contributed by atoms with Crippen LogP contribution in [0.1, 0.15) is 30.1 Å². The molecule has 1 heterocycles. The summed E-state index contributed by atoms with van der Waals surface area (Å²) in [7, 11) is 1.55. The lowest BCUT2D eigenvalue weighted by Crippen LogP contribution is -2.46. The Labute approximate surface area is 148 Å². The fraction of sp³-hybridized carbons (Fsp3) is 0.556. The molecule has 0 saturated carbocycles. The second-order valence-electron chi connectivity index (χ2n) is 5.87. The van der Waals surface area contributed by atoms with Crippen molar-refractivity contribution in [3.63, 3.8) is 0 Å². The molecule has 1 aromatic carbocycles. The molecule has 1 aromatic rings. The molecule has 0 radical (unpaired) electrons. The van der Waals surface area contributed by atoms with Crippen LogP contribution in [0.15, 0.2) is 24.3 Å². The van der Waals surface area contributed by atoms with Crippen LogP contribution in [0.25, 0.3) is 0 Å². The van der Waals surface area contributed by atoms with Gasteiger partial charge in [-0.1, -0.05) is 12.1 Å². The van der Waals surface area contributed by atoms with Gasteiger partial charge in [0.2, 0.25) is 0 Å². The number of ether oxygens (including phenoxy) is 2. The molecule has 0 aromatic heterocycles. The van der Waals surface area contributed by atoms with Crippen LogP contribution in [-0.2, 0) is 4.74 Å². The van der Waals surface area contributed by atoms with Crippen molar-refractivity contribution >= 4 is 12.0 Å². The lowest BCUT2D eigenvalue weighted by Gasteiger charge is -2.31. The van der Waals surface area contributed by atoms with E-state index in [1.54, 1.807) is 24.1 Å². The number of piperidine rings is 1. The van der Waals surface area contributed by atoms with Crippen molar-refractivity contribution < 1.29 is 19.1 Å². The Morgan fingerprint density at radius 3 is 2.60 bits per heavy atom. The Bertz CT molecular complexity index is 571. The van der Waals surface area contributed by atoms with Crippen LogP contribution >= 0.6 is 0 Å². The van der Waals surface area contributed by atoms with Gasteiger partial charge in [0.05, 0.1) is 19.3 Å². The van der Waals surface area contributed by atoms with Crippen molar-refractivity contribution in [1.29, 1.82) is 0 Å². The van der Waals surface area contributed by atoms with E-state index in [9.17, 15) is 9.59 Å². The SMILES string of the molecule is CCOC(=O)N1CCC(NCCNC(=O)c2ccccc2OC)CC1. The Morgan fingerprint density at radius 1 is 1.20 bits per heavy atom. The number of para-hydroxylation sites is 1. The van der Waals surface area contributed by atoms with E-state index in [-0.39, 0.29) is 12.0 Å². The number of carbonyl (C=O) groups is 2. The summed E-state index contributed by atoms with van der Waals surface area (Å²) in [5.41, 5.74) is 0.535. The zero-order valence-electron chi connectivity index (χ0n) is 14.9. The van der Waals surface area contributed by atoms with Crippen LogP contribution < -0.4 is 15.4 Å². The van der Waals surface area contributed by atoms with E-state index in [0.29, 0.717) is 50.1 Å². The normalized spacial score (nSPS) is 14.9. The van der Waals surface area contributed by atoms with E-state index >= 15 is 0 Å². The summed E-state index contributed by atoms with van der Waals surface area (Å²) >= 11 is 0. The lowest BCUT2D eigenvalue weighted by atomic mass is 10.1. The van der Waals surface area contributed by atoms with Gasteiger partial charge in [-0.05, 0) is 31.9 Å². The third-order valence-corrected chi connectivity index (χ3v) is 4.22. The van der Waals surface area contributed by atoms with Crippen LogP contribution in [0, 0.1) is 0 Å². The van der Waals surface area contributed by atoms with Crippen LogP contribution in [0.4, 0.5) is 4.79 Å². The standard InChI is InChI=1S/C18H27N3O4/c1-3-25-18(23)21-12-8-14(9-13-21)19-10-11-20-17(22)15-6-4-5-7-16(15)24-2/h4-7,14,19H,3,8-13H2,1-2H3,(H,20,22). The first-order chi connectivity index (χ1) is 12.2. The third kappa shape index (κ3) is 5.63. The molecule has 1 saturated heterocycles. The smallest absolute Gasteiger partial charge is 0.409 e. The number of rotatable bonds is 7. The van der Waals surface area contributed by atoms with Crippen LogP contribution in [-0.4, -0.2) is 62.8 Å². The first kappa shape index (κ1) is 19.1. The predicted octanol–water partition coefficient (Wildman–Crippen LogP) is 1.64. The van der Waals surface area contributed by atoms with Gasteiger partial charge in [-0.15, -0.1) is 0 Å². The zero-order valence-corrected chi connectivity index (χ0v) is 14.9. The molecule has 0 spiro atoms. The maximum absolute atomic E-state index is 12.2. The summed E-state index contributed by atoms with van der Waals surface area (Å²) in [5.74, 6) is 0.427. The number of likely N-dealkylation sites (tertiary alicyclic amines) is 1. The monoisotopic (exact) mass is 349 g/mol. The molecule has 0 bridgehead atoms. The molecular weight excluding hydrogens is 322 g/mol. The van der Waals surface area contributed by atoms with Crippen LogP contribution in [0.3, 0.4) is 0 Å². The van der Waals surface area contributed by atoms with Gasteiger partial charge in [0, 0.05) is 32.2 Å². The molecule has 0 unspecified atom stereocenters. The van der Waals surface area contributed by atoms with Gasteiger partial charge in [-0.2, -0.15) is 0 Å². The quantitative estimate of drug-likeness (QED) is 0.732. The molecule has 0 aliphatic carbocycles. The van der Waals surface area contributed by atoms with E-state index in [2.05, 4.69) is 10.6 Å². The summed E-state index contributed by atoms with van der Waals surface area (Å²) in [5, 5.41) is 6.31. The number of methoxy groups -OCH3 is 1. The van der Waals surface area contributed by atoms with E-state index in [1.165, 1.54) is 0 Å². The molecule has 25 heavy (non-hydrogen) atoms. The fourth-order valence-corrected chi connectivity index (χ4v) is 2.86. The second kappa shape index (κ2) is 9.88. The average Bonchev–Trinajstić information content (AvgIpc) is 2.65. The van der Waals surface area contributed by atoms with Crippen molar-refractivity contribution in [3.8, 4) is 5.75 Å². The minimum Gasteiger partial charge on any atom is -0.496 e. The largest absolute Gasteiger partial charge is 0.496 e. The number of benzene rings is 1. The molecule has 1 fully saturated rings. The number of carbonyl (C=O) groups excluding carboxylic acids is 2. The molecule has 1 aliphatic rings. The van der Waals surface area contributed by atoms with E-state index < -0.39 is 0 Å². The molecule has 2 amide bonds. The van der Waals surface area contributed by atoms with Gasteiger partial charge >= 0.3 is 6.09 Å². The van der Waals surface area contributed by atoms with Gasteiger partial charge in [0.25, 0.3) is 5.91 Å². The number of nitrogens with zero attached hydrogens (tertiary/aromatic N) is 1. The minimum absolute atomic E-state index is 0.142. The van der Waals surface area contributed by atoms with Crippen molar-refractivity contribution in [2.45, 2.75) is 25.8 Å². The van der Waals surface area contributed by atoms with Crippen molar-refractivity contribution in [3.05, 3.63) is 29.8 Å². The first-order valence-corrected chi connectivity index (χ1v) is 8.72. The molecule has 0 atom stereocenters. The molecule has 2 N–H and O–H groups in total. The Kier molecular flexibility index (Phi) is 7.53. The third-order valence-electron chi connectivity index (χ3n) is 4.22. The maximum Gasteiger partial charge on any atom is 0.409 e. The van der Waals surface area contributed by atoms with Gasteiger partial charge in [0.15, 0.2) is 0 Å². The van der Waals surface area contributed by atoms with Gasteiger partial charge in [-0.3, -0.25) is 4.79 Å².